The van der Waals surface area contributed by atoms with E-state index in [0.717, 1.165) is 5.56 Å². The molecular weight excluding hydrogens is 344 g/mol. The van der Waals surface area contributed by atoms with Gasteiger partial charge in [-0.15, -0.1) is 0 Å². The highest BCUT2D eigenvalue weighted by atomic mass is 79.9. The molecule has 0 radical (unpaired) electrons. The Labute approximate surface area is 130 Å². The first-order valence-corrected chi connectivity index (χ1v) is 6.91. The minimum atomic E-state index is -0.166. The van der Waals surface area contributed by atoms with E-state index in [2.05, 4.69) is 15.9 Å². The molecule has 0 spiro atoms. The fourth-order valence-electron chi connectivity index (χ4n) is 1.88. The number of benzene rings is 1. The first kappa shape index (κ1) is 14.8. The van der Waals surface area contributed by atoms with Gasteiger partial charge in [0.1, 0.15) is 5.70 Å². The van der Waals surface area contributed by atoms with Gasteiger partial charge in [0.05, 0.1) is 11.6 Å². The maximum absolute atomic E-state index is 12.1. The number of halogens is 1. The molecule has 1 aliphatic heterocycles. The van der Waals surface area contributed by atoms with Crippen molar-refractivity contribution in [3.8, 4) is 11.5 Å². The maximum atomic E-state index is 12.1. The number of hydrogen-bond donors (Lipinski definition) is 1. The van der Waals surface area contributed by atoms with Crippen LogP contribution in [0.1, 0.15) is 5.56 Å². The third-order valence-corrected chi connectivity index (χ3v) is 4.19. The van der Waals surface area contributed by atoms with Crippen LogP contribution in [0.3, 0.4) is 0 Å². The number of carbonyl (C=O) groups excluding carboxylic acids is 1. The smallest absolute Gasteiger partial charge is 0.276 e. The second-order valence-corrected chi connectivity index (χ2v) is 5.51. The van der Waals surface area contributed by atoms with Gasteiger partial charge < -0.3 is 14.7 Å². The van der Waals surface area contributed by atoms with Crippen molar-refractivity contribution in [2.45, 2.75) is 0 Å². The van der Waals surface area contributed by atoms with Crippen molar-refractivity contribution in [3.05, 3.63) is 27.9 Å². The molecular formula is C13H13BrN2O3S. The van der Waals surface area contributed by atoms with Gasteiger partial charge in [0.2, 0.25) is 0 Å². The molecule has 0 aliphatic carbocycles. The SMILES string of the molecule is COc1cc(/C=C2/C(=O)N(C)C(=S)N2C)cc(Br)c1O. The van der Waals surface area contributed by atoms with Crippen molar-refractivity contribution >= 4 is 45.2 Å². The molecule has 1 aliphatic rings. The molecule has 1 fully saturated rings. The van der Waals surface area contributed by atoms with E-state index in [0.29, 0.717) is 21.0 Å². The molecule has 106 valence electrons. The number of phenols is 1. The Morgan fingerprint density at radius 3 is 2.50 bits per heavy atom. The molecule has 2 rings (SSSR count). The van der Waals surface area contributed by atoms with Crippen LogP contribution < -0.4 is 4.74 Å². The lowest BCUT2D eigenvalue weighted by molar-refractivity contribution is -0.121. The average Bonchev–Trinajstić information content (AvgIpc) is 2.60. The van der Waals surface area contributed by atoms with Crippen molar-refractivity contribution in [2.75, 3.05) is 21.2 Å². The zero-order valence-electron chi connectivity index (χ0n) is 11.2. The largest absolute Gasteiger partial charge is 0.503 e. The monoisotopic (exact) mass is 356 g/mol. The molecule has 1 N–H and O–H groups in total. The summed E-state index contributed by atoms with van der Waals surface area (Å²) >= 11 is 8.39. The van der Waals surface area contributed by atoms with Crippen molar-refractivity contribution in [3.63, 3.8) is 0 Å². The van der Waals surface area contributed by atoms with Gasteiger partial charge in [0, 0.05) is 14.1 Å². The Kier molecular flexibility index (Phi) is 4.01. The lowest BCUT2D eigenvalue weighted by Crippen LogP contribution is -2.26. The number of aromatic hydroxyl groups is 1. The van der Waals surface area contributed by atoms with Crippen LogP contribution in [-0.4, -0.2) is 47.1 Å². The summed E-state index contributed by atoms with van der Waals surface area (Å²) in [4.78, 5) is 15.1. The Morgan fingerprint density at radius 2 is 2.00 bits per heavy atom. The fraction of sp³-hybridized carbons (Fsp3) is 0.231. The Hall–Kier alpha value is -1.60. The highest BCUT2D eigenvalue weighted by Crippen LogP contribution is 2.36. The van der Waals surface area contributed by atoms with Crippen LogP contribution in [0.5, 0.6) is 11.5 Å². The van der Waals surface area contributed by atoms with E-state index in [1.165, 1.54) is 12.0 Å². The Bertz CT molecular complexity index is 630. The summed E-state index contributed by atoms with van der Waals surface area (Å²) in [6.07, 6.45) is 1.70. The van der Waals surface area contributed by atoms with Crippen LogP contribution in [0, 0.1) is 0 Å². The third kappa shape index (κ3) is 2.38. The van der Waals surface area contributed by atoms with Gasteiger partial charge in [-0.3, -0.25) is 9.69 Å². The molecule has 1 heterocycles. The molecule has 0 atom stereocenters. The number of likely N-dealkylation sites (N-methyl/N-ethyl adjacent to an activating group) is 2. The molecule has 1 amide bonds. The van der Waals surface area contributed by atoms with Crippen LogP contribution in [0.2, 0.25) is 0 Å². The minimum Gasteiger partial charge on any atom is -0.503 e. The molecule has 1 aromatic rings. The molecule has 0 aromatic heterocycles. The van der Waals surface area contributed by atoms with Gasteiger partial charge in [-0.2, -0.15) is 0 Å². The highest BCUT2D eigenvalue weighted by Gasteiger charge is 2.32. The van der Waals surface area contributed by atoms with Crippen molar-refractivity contribution in [1.29, 1.82) is 0 Å². The Balaban J connectivity index is 2.48. The van der Waals surface area contributed by atoms with Gasteiger partial charge in [-0.05, 0) is 51.9 Å². The molecule has 0 saturated carbocycles. The minimum absolute atomic E-state index is 0.0217. The van der Waals surface area contributed by atoms with Gasteiger partial charge in [0.25, 0.3) is 5.91 Å². The first-order valence-electron chi connectivity index (χ1n) is 5.70. The number of ether oxygens (including phenoxy) is 1. The topological polar surface area (TPSA) is 53.0 Å². The first-order chi connectivity index (χ1) is 9.36. The number of phenolic OH excluding ortho intramolecular Hbond substituents is 1. The van der Waals surface area contributed by atoms with Gasteiger partial charge in [-0.1, -0.05) is 0 Å². The number of methoxy groups -OCH3 is 1. The number of rotatable bonds is 2. The lowest BCUT2D eigenvalue weighted by atomic mass is 10.1. The molecule has 20 heavy (non-hydrogen) atoms. The zero-order chi connectivity index (χ0) is 15.0. The summed E-state index contributed by atoms with van der Waals surface area (Å²) in [6, 6.07) is 3.35. The van der Waals surface area contributed by atoms with Crippen molar-refractivity contribution in [1.82, 2.24) is 9.80 Å². The maximum Gasteiger partial charge on any atom is 0.276 e. The van der Waals surface area contributed by atoms with Crippen LogP contribution >= 0.6 is 28.1 Å². The van der Waals surface area contributed by atoms with E-state index in [1.54, 1.807) is 37.2 Å². The van der Waals surface area contributed by atoms with Crippen molar-refractivity contribution < 1.29 is 14.6 Å². The highest BCUT2D eigenvalue weighted by molar-refractivity contribution is 9.10. The number of amides is 1. The van der Waals surface area contributed by atoms with E-state index in [-0.39, 0.29) is 11.7 Å². The average molecular weight is 357 g/mol. The second kappa shape index (κ2) is 5.41. The lowest BCUT2D eigenvalue weighted by Gasteiger charge is -2.11. The molecule has 1 saturated heterocycles. The van der Waals surface area contributed by atoms with Crippen LogP contribution in [-0.2, 0) is 4.79 Å². The zero-order valence-corrected chi connectivity index (χ0v) is 13.6. The summed E-state index contributed by atoms with van der Waals surface area (Å²) < 4.78 is 5.58. The fourth-order valence-corrected chi connectivity index (χ4v) is 2.52. The van der Waals surface area contributed by atoms with Crippen LogP contribution in [0.4, 0.5) is 0 Å². The van der Waals surface area contributed by atoms with E-state index >= 15 is 0 Å². The predicted molar refractivity (Wildman–Crippen MR) is 83.5 cm³/mol. The second-order valence-electron chi connectivity index (χ2n) is 4.29. The van der Waals surface area contributed by atoms with Crippen LogP contribution in [0.15, 0.2) is 22.3 Å². The molecule has 5 nitrogen and oxygen atoms in total. The normalized spacial score (nSPS) is 17.3. The van der Waals surface area contributed by atoms with Crippen LogP contribution in [0.25, 0.3) is 6.08 Å². The summed E-state index contributed by atoms with van der Waals surface area (Å²) in [5, 5.41) is 10.2. The molecule has 0 bridgehead atoms. The summed E-state index contributed by atoms with van der Waals surface area (Å²) in [6.45, 7) is 0. The third-order valence-electron chi connectivity index (χ3n) is 3.03. The number of hydrogen-bond acceptors (Lipinski definition) is 4. The predicted octanol–water partition coefficient (Wildman–Crippen LogP) is 2.19. The molecule has 1 aromatic carbocycles. The Morgan fingerprint density at radius 1 is 1.35 bits per heavy atom. The van der Waals surface area contributed by atoms with Gasteiger partial charge in [-0.25, -0.2) is 0 Å². The summed E-state index contributed by atoms with van der Waals surface area (Å²) in [5.41, 5.74) is 1.19. The number of carbonyl (C=O) groups is 1. The van der Waals surface area contributed by atoms with Gasteiger partial charge in [0.15, 0.2) is 16.6 Å². The summed E-state index contributed by atoms with van der Waals surface area (Å²) in [7, 11) is 4.84. The van der Waals surface area contributed by atoms with E-state index in [1.807, 2.05) is 0 Å². The number of thiocarbonyl (C=S) groups is 1. The van der Waals surface area contributed by atoms with Crippen molar-refractivity contribution in [2.24, 2.45) is 0 Å². The summed E-state index contributed by atoms with van der Waals surface area (Å²) in [5.74, 6) is 0.185. The van der Waals surface area contributed by atoms with E-state index in [9.17, 15) is 9.90 Å². The number of nitrogens with zero attached hydrogens (tertiary/aromatic N) is 2. The quantitative estimate of drug-likeness (QED) is 0.650. The molecule has 0 unspecified atom stereocenters. The van der Waals surface area contributed by atoms with E-state index in [4.69, 9.17) is 17.0 Å². The van der Waals surface area contributed by atoms with Gasteiger partial charge >= 0.3 is 0 Å². The standard InChI is InChI=1S/C13H13BrN2O3S/c1-15-9(12(18)16(2)13(15)20)5-7-4-8(14)11(17)10(6-7)19-3/h4-6,17H,1-3H3/b9-5-. The molecule has 7 heteroatoms. The van der Waals surface area contributed by atoms with E-state index < -0.39 is 0 Å².